The van der Waals surface area contributed by atoms with Crippen LogP contribution in [-0.2, 0) is 17.8 Å². The van der Waals surface area contributed by atoms with Crippen LogP contribution in [0.1, 0.15) is 105 Å². The zero-order valence-electron chi connectivity index (χ0n) is 21.5. The van der Waals surface area contributed by atoms with E-state index < -0.39 is 0 Å². The van der Waals surface area contributed by atoms with E-state index in [4.69, 9.17) is 9.84 Å². The number of aliphatic hydroxyl groups is 1. The van der Waals surface area contributed by atoms with Crippen molar-refractivity contribution in [3.8, 4) is 5.88 Å². The Morgan fingerprint density at radius 1 is 0.844 bits per heavy atom. The molecule has 188 valence electrons. The number of nitrogens with zero attached hydrogens (tertiary/aromatic N) is 2. The van der Waals surface area contributed by atoms with Crippen LogP contribution >= 0.6 is 0 Å². The van der Waals surface area contributed by atoms with Gasteiger partial charge in [-0.1, -0.05) is 47.0 Å². The molecule has 0 radical (unpaired) electrons. The Labute approximate surface area is 196 Å². The van der Waals surface area contributed by atoms with Crippen molar-refractivity contribution in [3.63, 3.8) is 0 Å². The quantitative estimate of drug-likeness (QED) is 0.262. The van der Waals surface area contributed by atoms with E-state index in [9.17, 15) is 9.90 Å². The number of hydrogen-bond donors (Lipinski definition) is 2. The molecule has 6 heteroatoms. The molecule has 1 heterocycles. The Morgan fingerprint density at radius 3 is 1.81 bits per heavy atom. The van der Waals surface area contributed by atoms with Gasteiger partial charge < -0.3 is 14.9 Å². The highest BCUT2D eigenvalue weighted by molar-refractivity contribution is 5.05. The monoisotopic (exact) mass is 454 g/mol. The van der Waals surface area contributed by atoms with Crippen molar-refractivity contribution < 1.29 is 14.9 Å². The molecule has 0 bridgehead atoms. The van der Waals surface area contributed by atoms with E-state index in [1.807, 2.05) is 6.92 Å². The van der Waals surface area contributed by atoms with Gasteiger partial charge in [-0.2, -0.15) is 0 Å². The summed E-state index contributed by atoms with van der Waals surface area (Å²) in [5.74, 6) is 0.0667. The van der Waals surface area contributed by atoms with E-state index in [1.165, 1.54) is 30.0 Å². The maximum Gasteiger partial charge on any atom is 0.331 e. The average molecular weight is 455 g/mol. The summed E-state index contributed by atoms with van der Waals surface area (Å²) in [4.78, 5) is 12.2. The molecule has 0 aliphatic rings. The fourth-order valence-electron chi connectivity index (χ4n) is 4.35. The Kier molecular flexibility index (Phi) is 13.3. The Morgan fingerprint density at radius 2 is 1.34 bits per heavy atom. The van der Waals surface area contributed by atoms with E-state index in [0.29, 0.717) is 25.1 Å². The minimum atomic E-state index is -0.120. The molecule has 0 saturated heterocycles. The zero-order chi connectivity index (χ0) is 24.0. The zero-order valence-corrected chi connectivity index (χ0v) is 21.5. The largest absolute Gasteiger partial charge is 0.493 e. The molecule has 1 aromatic heterocycles. The molecule has 0 spiro atoms. The number of aromatic nitrogens is 2. The average Bonchev–Trinajstić information content (AvgIpc) is 3.00. The number of hydrogen-bond acceptors (Lipinski definition) is 4. The molecule has 0 fully saturated rings. The number of rotatable bonds is 19. The van der Waals surface area contributed by atoms with Crippen molar-refractivity contribution in [1.29, 1.82) is 0 Å². The lowest BCUT2D eigenvalue weighted by atomic mass is 9.82. The molecule has 0 aliphatic carbocycles. The molecule has 0 aromatic carbocycles. The van der Waals surface area contributed by atoms with Gasteiger partial charge in [0.05, 0.1) is 6.20 Å². The summed E-state index contributed by atoms with van der Waals surface area (Å²) in [6.45, 7) is 14.3. The fraction of sp³-hybridized carbons (Fsp3) is 0.885. The first-order valence-electron chi connectivity index (χ1n) is 12.8. The highest BCUT2D eigenvalue weighted by Gasteiger charge is 2.18. The molecule has 2 N–H and O–H groups in total. The van der Waals surface area contributed by atoms with Gasteiger partial charge in [-0.15, -0.1) is 0 Å². The molecular formula is C26H50N2O4. The molecule has 32 heavy (non-hydrogen) atoms. The Balaban J connectivity index is 2.08. The molecule has 0 unspecified atom stereocenters. The highest BCUT2D eigenvalue weighted by atomic mass is 16.5. The minimum Gasteiger partial charge on any atom is -0.493 e. The summed E-state index contributed by atoms with van der Waals surface area (Å²) in [5.41, 5.74) is 0.478. The number of imidazole rings is 1. The van der Waals surface area contributed by atoms with Crippen LogP contribution in [0.4, 0.5) is 0 Å². The van der Waals surface area contributed by atoms with E-state index in [0.717, 1.165) is 64.6 Å². The standard InChI is InChI=1S/C26H50N2O4/c1-6-27-22-23(30)28(24(27)31)18-13-17-26(4,5)16-9-12-21-32-20-11-8-15-25(2,3)14-7-10-19-29/h22,29-30H,6-21H2,1-5H3. The SMILES string of the molecule is CCn1cc(O)n(CCCC(C)(C)CCCCOCCCCC(C)(C)CCCCO)c1=O. The predicted molar refractivity (Wildman–Crippen MR) is 132 cm³/mol. The van der Waals surface area contributed by atoms with Crippen molar-refractivity contribution in [1.82, 2.24) is 9.13 Å². The van der Waals surface area contributed by atoms with Crippen molar-refractivity contribution in [2.75, 3.05) is 19.8 Å². The van der Waals surface area contributed by atoms with Crippen LogP contribution < -0.4 is 5.69 Å². The highest BCUT2D eigenvalue weighted by Crippen LogP contribution is 2.30. The van der Waals surface area contributed by atoms with Gasteiger partial charge in [-0.3, -0.25) is 9.13 Å². The molecule has 1 rings (SSSR count). The topological polar surface area (TPSA) is 76.6 Å². The summed E-state index contributed by atoms with van der Waals surface area (Å²) in [7, 11) is 0. The number of ether oxygens (including phenoxy) is 1. The fourth-order valence-corrected chi connectivity index (χ4v) is 4.35. The van der Waals surface area contributed by atoms with Crippen molar-refractivity contribution in [3.05, 3.63) is 16.7 Å². The first-order chi connectivity index (χ1) is 15.1. The lowest BCUT2D eigenvalue weighted by Gasteiger charge is -2.25. The molecule has 0 aliphatic heterocycles. The van der Waals surface area contributed by atoms with Gasteiger partial charge in [0.25, 0.3) is 0 Å². The van der Waals surface area contributed by atoms with Gasteiger partial charge in [0.15, 0.2) is 0 Å². The van der Waals surface area contributed by atoms with Gasteiger partial charge >= 0.3 is 5.69 Å². The van der Waals surface area contributed by atoms with Gasteiger partial charge in [-0.05, 0) is 69.1 Å². The van der Waals surface area contributed by atoms with Gasteiger partial charge in [-0.25, -0.2) is 4.79 Å². The smallest absolute Gasteiger partial charge is 0.331 e. The molecule has 1 aromatic rings. The lowest BCUT2D eigenvalue weighted by Crippen LogP contribution is -2.24. The second kappa shape index (κ2) is 14.8. The summed E-state index contributed by atoms with van der Waals surface area (Å²) >= 11 is 0. The van der Waals surface area contributed by atoms with Crippen molar-refractivity contribution in [2.24, 2.45) is 10.8 Å². The Bertz CT molecular complexity index is 676. The third kappa shape index (κ3) is 11.6. The number of aliphatic hydroxyl groups excluding tert-OH is 1. The normalized spacial score (nSPS) is 12.6. The predicted octanol–water partition coefficient (Wildman–Crippen LogP) is 5.73. The van der Waals surface area contributed by atoms with Crippen LogP contribution in [0, 0.1) is 10.8 Å². The first-order valence-corrected chi connectivity index (χ1v) is 12.8. The second-order valence-corrected chi connectivity index (χ2v) is 10.8. The van der Waals surface area contributed by atoms with E-state index in [-0.39, 0.29) is 17.0 Å². The van der Waals surface area contributed by atoms with Crippen molar-refractivity contribution >= 4 is 0 Å². The number of unbranched alkanes of at least 4 members (excludes halogenated alkanes) is 3. The van der Waals surface area contributed by atoms with Crippen LogP contribution in [0.2, 0.25) is 0 Å². The van der Waals surface area contributed by atoms with E-state index in [1.54, 1.807) is 4.57 Å². The summed E-state index contributed by atoms with van der Waals surface area (Å²) < 4.78 is 8.86. The van der Waals surface area contributed by atoms with Crippen LogP contribution in [0.3, 0.4) is 0 Å². The molecule has 0 atom stereocenters. The summed E-state index contributed by atoms with van der Waals surface area (Å²) in [6.07, 6.45) is 13.6. The van der Waals surface area contributed by atoms with E-state index in [2.05, 4.69) is 27.7 Å². The van der Waals surface area contributed by atoms with Crippen LogP contribution in [0.25, 0.3) is 0 Å². The third-order valence-electron chi connectivity index (χ3n) is 6.65. The summed E-state index contributed by atoms with van der Waals surface area (Å²) in [6, 6.07) is 0. The van der Waals surface area contributed by atoms with Crippen LogP contribution in [0.5, 0.6) is 5.88 Å². The van der Waals surface area contributed by atoms with Gasteiger partial charge in [0.2, 0.25) is 5.88 Å². The maximum atomic E-state index is 12.2. The Hall–Kier alpha value is -1.27. The molecule has 0 saturated carbocycles. The lowest BCUT2D eigenvalue weighted by molar-refractivity contribution is 0.119. The first kappa shape index (κ1) is 28.8. The maximum absolute atomic E-state index is 12.2. The summed E-state index contributed by atoms with van der Waals surface area (Å²) in [5, 5.41) is 18.9. The van der Waals surface area contributed by atoms with Gasteiger partial charge in [0.1, 0.15) is 0 Å². The molecule has 6 nitrogen and oxygen atoms in total. The minimum absolute atomic E-state index is 0.0667. The number of aryl methyl sites for hydroxylation is 1. The number of aromatic hydroxyl groups is 1. The molecular weight excluding hydrogens is 404 g/mol. The van der Waals surface area contributed by atoms with Gasteiger partial charge in [0, 0.05) is 32.9 Å². The molecule has 0 amide bonds. The van der Waals surface area contributed by atoms with Crippen LogP contribution in [0.15, 0.2) is 11.0 Å². The second-order valence-electron chi connectivity index (χ2n) is 10.8. The van der Waals surface area contributed by atoms with E-state index >= 15 is 0 Å². The van der Waals surface area contributed by atoms with Crippen molar-refractivity contribution in [2.45, 2.75) is 118 Å². The third-order valence-corrected chi connectivity index (χ3v) is 6.65. The van der Waals surface area contributed by atoms with Crippen LogP contribution in [-0.4, -0.2) is 39.2 Å².